The summed E-state index contributed by atoms with van der Waals surface area (Å²) in [5.74, 6) is 0.644. The Kier molecular flexibility index (Phi) is 14.1. The Hall–Kier alpha value is -0.573. The maximum Gasteiger partial charge on any atom is 0.192 e. The SMILES string of the molecule is C/C(=C\CC/C(C)=C/CC/C(C)=C/CC/C(C)=C/CO[Si](C)(C)C(C)(C)C)CCl. The van der Waals surface area contributed by atoms with Gasteiger partial charge in [0.2, 0.25) is 0 Å². The van der Waals surface area contributed by atoms with Crippen LogP contribution in [-0.2, 0) is 4.43 Å². The molecule has 168 valence electrons. The van der Waals surface area contributed by atoms with Crippen LogP contribution in [0.5, 0.6) is 0 Å². The summed E-state index contributed by atoms with van der Waals surface area (Å²) in [5.41, 5.74) is 5.69. The molecule has 1 nitrogen and oxygen atoms in total. The summed E-state index contributed by atoms with van der Waals surface area (Å²) in [6, 6.07) is 0. The van der Waals surface area contributed by atoms with Crippen molar-refractivity contribution in [3.8, 4) is 0 Å². The van der Waals surface area contributed by atoms with E-state index in [0.717, 1.165) is 45.1 Å². The van der Waals surface area contributed by atoms with Crippen LogP contribution in [-0.4, -0.2) is 20.8 Å². The number of halogens is 1. The third kappa shape index (κ3) is 14.1. The van der Waals surface area contributed by atoms with Crippen LogP contribution in [0.4, 0.5) is 0 Å². The fraction of sp³-hybridized carbons (Fsp3) is 0.692. The van der Waals surface area contributed by atoms with Gasteiger partial charge in [-0.1, -0.05) is 67.4 Å². The van der Waals surface area contributed by atoms with Crippen molar-refractivity contribution in [2.75, 3.05) is 12.5 Å². The van der Waals surface area contributed by atoms with E-state index in [2.05, 4.69) is 85.9 Å². The predicted molar refractivity (Wildman–Crippen MR) is 137 cm³/mol. The van der Waals surface area contributed by atoms with Crippen molar-refractivity contribution in [3.63, 3.8) is 0 Å². The molecule has 0 bridgehead atoms. The minimum Gasteiger partial charge on any atom is -0.413 e. The first-order chi connectivity index (χ1) is 13.4. The standard InChI is InChI=1S/C26H47ClOSi/c1-22(13-10-14-23(2)16-12-18-25(4)21-27)15-11-17-24(3)19-20-28-29(8,9)26(5,6)7/h14-15,18-19H,10-13,16-17,20-21H2,1-9H3/b22-15+,23-14+,24-19+,25-18+. The molecule has 0 rings (SSSR count). The summed E-state index contributed by atoms with van der Waals surface area (Å²) in [4.78, 5) is 0. The molecular formula is C26H47ClOSi. The molecule has 0 heterocycles. The van der Waals surface area contributed by atoms with Crippen LogP contribution in [0, 0.1) is 0 Å². The van der Waals surface area contributed by atoms with Gasteiger partial charge in [-0.2, -0.15) is 0 Å². The molecule has 0 amide bonds. The molecule has 3 heteroatoms. The highest BCUT2D eigenvalue weighted by Gasteiger charge is 2.36. The Morgan fingerprint density at radius 2 is 1.10 bits per heavy atom. The van der Waals surface area contributed by atoms with Gasteiger partial charge in [0.25, 0.3) is 0 Å². The fourth-order valence-electron chi connectivity index (χ4n) is 2.61. The van der Waals surface area contributed by atoms with E-state index >= 15 is 0 Å². The molecular weight excluding hydrogens is 392 g/mol. The van der Waals surface area contributed by atoms with Crippen molar-refractivity contribution in [1.82, 2.24) is 0 Å². The topological polar surface area (TPSA) is 9.23 Å². The second-order valence-corrected chi connectivity index (χ2v) is 15.1. The monoisotopic (exact) mass is 438 g/mol. The summed E-state index contributed by atoms with van der Waals surface area (Å²) in [6.07, 6.45) is 16.1. The summed E-state index contributed by atoms with van der Waals surface area (Å²) < 4.78 is 6.25. The highest BCUT2D eigenvalue weighted by atomic mass is 35.5. The van der Waals surface area contributed by atoms with Crippen molar-refractivity contribution in [3.05, 3.63) is 46.6 Å². The molecule has 0 aromatic heterocycles. The molecule has 0 fully saturated rings. The number of allylic oxidation sites excluding steroid dienone is 7. The van der Waals surface area contributed by atoms with Gasteiger partial charge in [0.1, 0.15) is 0 Å². The van der Waals surface area contributed by atoms with Gasteiger partial charge in [-0.05, 0) is 84.4 Å². The van der Waals surface area contributed by atoms with E-state index < -0.39 is 8.32 Å². The summed E-state index contributed by atoms with van der Waals surface area (Å²) >= 11 is 5.81. The lowest BCUT2D eigenvalue weighted by atomic mass is 10.0. The van der Waals surface area contributed by atoms with Crippen molar-refractivity contribution >= 4 is 19.9 Å². The lowest BCUT2D eigenvalue weighted by Crippen LogP contribution is -2.40. The largest absolute Gasteiger partial charge is 0.413 e. The van der Waals surface area contributed by atoms with Gasteiger partial charge in [0, 0.05) is 5.88 Å². The lowest BCUT2D eigenvalue weighted by Gasteiger charge is -2.35. The molecule has 0 radical (unpaired) electrons. The maximum atomic E-state index is 6.25. The van der Waals surface area contributed by atoms with E-state index in [1.165, 1.54) is 22.3 Å². The van der Waals surface area contributed by atoms with E-state index in [0.29, 0.717) is 5.88 Å². The molecule has 0 atom stereocenters. The average molecular weight is 439 g/mol. The molecule has 0 spiro atoms. The van der Waals surface area contributed by atoms with Crippen LogP contribution in [0.3, 0.4) is 0 Å². The average Bonchev–Trinajstić information content (AvgIpc) is 2.60. The second kappa shape index (κ2) is 14.4. The van der Waals surface area contributed by atoms with Crippen LogP contribution in [0.2, 0.25) is 18.1 Å². The van der Waals surface area contributed by atoms with Crippen molar-refractivity contribution < 1.29 is 4.43 Å². The molecule has 0 aliphatic carbocycles. The Bertz CT molecular complexity index is 588. The number of hydrogen-bond donors (Lipinski definition) is 0. The highest BCUT2D eigenvalue weighted by molar-refractivity contribution is 6.74. The first-order valence-electron chi connectivity index (χ1n) is 11.2. The Morgan fingerprint density at radius 3 is 1.48 bits per heavy atom. The van der Waals surface area contributed by atoms with Gasteiger partial charge in [-0.25, -0.2) is 0 Å². The van der Waals surface area contributed by atoms with Crippen LogP contribution in [0.1, 0.15) is 87.0 Å². The zero-order chi connectivity index (χ0) is 22.5. The summed E-state index contributed by atoms with van der Waals surface area (Å²) in [7, 11) is -1.63. The fourth-order valence-corrected chi connectivity index (χ4v) is 3.65. The minimum absolute atomic E-state index is 0.279. The first kappa shape index (κ1) is 28.4. The van der Waals surface area contributed by atoms with Gasteiger partial charge in [0.15, 0.2) is 8.32 Å². The zero-order valence-corrected chi connectivity index (χ0v) is 22.5. The second-order valence-electron chi connectivity index (χ2n) is 10.0. The third-order valence-electron chi connectivity index (χ3n) is 5.99. The van der Waals surface area contributed by atoms with Gasteiger partial charge in [-0.15, -0.1) is 11.6 Å². The molecule has 0 aliphatic heterocycles. The van der Waals surface area contributed by atoms with Crippen molar-refractivity contribution in [2.45, 2.75) is 105 Å². The van der Waals surface area contributed by atoms with Crippen LogP contribution in [0.25, 0.3) is 0 Å². The molecule has 0 aliphatic rings. The predicted octanol–water partition coefficient (Wildman–Crippen LogP) is 9.37. The first-order valence-corrected chi connectivity index (χ1v) is 14.7. The maximum absolute atomic E-state index is 6.25. The van der Waals surface area contributed by atoms with E-state index in [4.69, 9.17) is 16.0 Å². The molecule has 0 aromatic rings. The number of rotatable bonds is 13. The smallest absolute Gasteiger partial charge is 0.192 e. The van der Waals surface area contributed by atoms with Gasteiger partial charge in [-0.3, -0.25) is 0 Å². The molecule has 0 saturated heterocycles. The molecule has 0 aromatic carbocycles. The minimum atomic E-state index is -1.63. The molecule has 0 saturated carbocycles. The van der Waals surface area contributed by atoms with Gasteiger partial charge >= 0.3 is 0 Å². The molecule has 0 unspecified atom stereocenters. The third-order valence-corrected chi connectivity index (χ3v) is 10.9. The van der Waals surface area contributed by atoms with E-state index in [1.54, 1.807) is 0 Å². The molecule has 0 N–H and O–H groups in total. The normalized spacial score (nSPS) is 15.2. The van der Waals surface area contributed by atoms with Crippen LogP contribution < -0.4 is 0 Å². The Morgan fingerprint density at radius 1 is 0.724 bits per heavy atom. The van der Waals surface area contributed by atoms with Gasteiger partial charge < -0.3 is 4.43 Å². The van der Waals surface area contributed by atoms with Crippen LogP contribution >= 0.6 is 11.6 Å². The Balaban J connectivity index is 4.19. The van der Waals surface area contributed by atoms with E-state index in [1.807, 2.05) is 0 Å². The van der Waals surface area contributed by atoms with Crippen LogP contribution in [0.15, 0.2) is 46.6 Å². The zero-order valence-electron chi connectivity index (χ0n) is 20.8. The Labute approximate surface area is 188 Å². The van der Waals surface area contributed by atoms with Gasteiger partial charge in [0.05, 0.1) is 6.61 Å². The van der Waals surface area contributed by atoms with Crippen molar-refractivity contribution in [1.29, 1.82) is 0 Å². The number of hydrogen-bond acceptors (Lipinski definition) is 1. The summed E-state index contributed by atoms with van der Waals surface area (Å²) in [5, 5.41) is 0.279. The summed E-state index contributed by atoms with van der Waals surface area (Å²) in [6.45, 7) is 21.1. The van der Waals surface area contributed by atoms with E-state index in [9.17, 15) is 0 Å². The lowest BCUT2D eigenvalue weighted by molar-refractivity contribution is 0.327. The van der Waals surface area contributed by atoms with E-state index in [-0.39, 0.29) is 5.04 Å². The van der Waals surface area contributed by atoms with Crippen molar-refractivity contribution in [2.24, 2.45) is 0 Å². The number of alkyl halides is 1. The molecule has 29 heavy (non-hydrogen) atoms. The quantitative estimate of drug-likeness (QED) is 0.158. The highest BCUT2D eigenvalue weighted by Crippen LogP contribution is 2.36.